The van der Waals surface area contributed by atoms with Crippen molar-refractivity contribution in [1.82, 2.24) is 19.4 Å². The maximum absolute atomic E-state index is 14.5. The van der Waals surface area contributed by atoms with Gasteiger partial charge in [-0.25, -0.2) is 18.6 Å². The highest BCUT2D eigenvalue weighted by Gasteiger charge is 2.29. The van der Waals surface area contributed by atoms with Crippen LogP contribution in [0, 0.1) is 17.6 Å². The SMILES string of the molecule is CN(C)C(=O)c1cnc2c(c(-c3cc(F)cc(F)c3)cn2COCC[Si](C)(C)C)c1OCC1CCN(C(=O)OC(C)(C)C)CC1. The van der Waals surface area contributed by atoms with Gasteiger partial charge in [-0.1, -0.05) is 19.6 Å². The monoisotopic (exact) mass is 644 g/mol. The van der Waals surface area contributed by atoms with Crippen LogP contribution in [0.4, 0.5) is 13.6 Å². The molecule has 0 atom stereocenters. The van der Waals surface area contributed by atoms with E-state index >= 15 is 0 Å². The number of carbonyl (C=O) groups is 2. The summed E-state index contributed by atoms with van der Waals surface area (Å²) < 4.78 is 48.7. The number of piperidine rings is 1. The third kappa shape index (κ3) is 9.03. The molecule has 2 aromatic heterocycles. The van der Waals surface area contributed by atoms with Crippen molar-refractivity contribution in [3.05, 3.63) is 47.8 Å². The van der Waals surface area contributed by atoms with Crippen molar-refractivity contribution in [3.8, 4) is 16.9 Å². The first-order valence-corrected chi connectivity index (χ1v) is 19.1. The first-order chi connectivity index (χ1) is 21.0. The van der Waals surface area contributed by atoms with Crippen LogP contribution in [0.3, 0.4) is 0 Å². The maximum Gasteiger partial charge on any atom is 0.410 e. The molecule has 1 saturated heterocycles. The summed E-state index contributed by atoms with van der Waals surface area (Å²) in [7, 11) is 1.96. The average molecular weight is 645 g/mol. The lowest BCUT2D eigenvalue weighted by Gasteiger charge is -2.33. The van der Waals surface area contributed by atoms with Crippen molar-refractivity contribution in [2.24, 2.45) is 5.92 Å². The van der Waals surface area contributed by atoms with Gasteiger partial charge in [-0.3, -0.25) is 4.79 Å². The highest BCUT2D eigenvalue weighted by atomic mass is 28.3. The molecule has 3 aromatic rings. The quantitative estimate of drug-likeness (QED) is 0.174. The Morgan fingerprint density at radius 2 is 1.71 bits per heavy atom. The van der Waals surface area contributed by atoms with Crippen LogP contribution in [0.2, 0.25) is 25.7 Å². The number of aromatic nitrogens is 2. The summed E-state index contributed by atoms with van der Waals surface area (Å²) in [6.07, 6.45) is 4.28. The number of halogens is 2. The van der Waals surface area contributed by atoms with E-state index in [1.54, 1.807) is 29.8 Å². The lowest BCUT2D eigenvalue weighted by atomic mass is 9.98. The van der Waals surface area contributed by atoms with Crippen LogP contribution in [0.15, 0.2) is 30.6 Å². The predicted molar refractivity (Wildman–Crippen MR) is 173 cm³/mol. The molecule has 0 aliphatic carbocycles. The second-order valence-corrected chi connectivity index (χ2v) is 19.8. The summed E-state index contributed by atoms with van der Waals surface area (Å²) in [5, 5.41) is 0.479. The van der Waals surface area contributed by atoms with Gasteiger partial charge < -0.3 is 28.6 Å². The number of amides is 2. The highest BCUT2D eigenvalue weighted by Crippen LogP contribution is 2.40. The first kappa shape index (κ1) is 34.4. The van der Waals surface area contributed by atoms with Crippen LogP contribution < -0.4 is 4.74 Å². The Morgan fingerprint density at radius 1 is 1.07 bits per heavy atom. The summed E-state index contributed by atoms with van der Waals surface area (Å²) in [6.45, 7) is 14.4. The molecule has 0 N–H and O–H groups in total. The Balaban J connectivity index is 1.69. The third-order valence-corrected chi connectivity index (χ3v) is 9.31. The molecule has 12 heteroatoms. The van der Waals surface area contributed by atoms with Gasteiger partial charge in [0.1, 0.15) is 40.9 Å². The maximum atomic E-state index is 14.5. The van der Waals surface area contributed by atoms with E-state index in [1.165, 1.54) is 23.2 Å². The van der Waals surface area contributed by atoms with Gasteiger partial charge in [0, 0.05) is 65.9 Å². The van der Waals surface area contributed by atoms with Crippen LogP contribution in [0.1, 0.15) is 44.0 Å². The molecule has 0 radical (unpaired) electrons. The van der Waals surface area contributed by atoms with Crippen LogP contribution in [-0.4, -0.2) is 85.4 Å². The molecule has 1 aromatic carbocycles. The number of carbonyl (C=O) groups excluding carboxylic acids is 2. The standard InChI is InChI=1S/C33H46F2N4O5Si/c1-33(2,3)44-32(41)38-11-9-22(10-12-38)20-43-29-26(31(40)37(4)5)18-36-30-28(29)27(23-15-24(34)17-25(35)16-23)19-39(30)21-42-13-14-45(6,7)8/h15-19,22H,9-14,20-21H2,1-8H3. The van der Waals surface area contributed by atoms with Gasteiger partial charge >= 0.3 is 6.09 Å². The molecule has 0 saturated carbocycles. The summed E-state index contributed by atoms with van der Waals surface area (Å²) in [4.78, 5) is 33.7. The molecule has 3 heterocycles. The second-order valence-electron chi connectivity index (χ2n) is 14.1. The summed E-state index contributed by atoms with van der Waals surface area (Å²) in [5.41, 5.74) is 0.928. The van der Waals surface area contributed by atoms with E-state index in [0.29, 0.717) is 60.4 Å². The third-order valence-electron chi connectivity index (χ3n) is 7.60. The Bertz CT molecular complexity index is 1500. The molecule has 4 rings (SSSR count). The zero-order valence-electron chi connectivity index (χ0n) is 27.7. The second kappa shape index (κ2) is 13.9. The number of nitrogens with zero attached hydrogens (tertiary/aromatic N) is 4. The Labute approximate surface area is 265 Å². The molecule has 1 aliphatic heterocycles. The van der Waals surface area contributed by atoms with Crippen LogP contribution in [0.5, 0.6) is 5.75 Å². The number of pyridine rings is 1. The van der Waals surface area contributed by atoms with Gasteiger partial charge in [-0.15, -0.1) is 0 Å². The Hall–Kier alpha value is -3.51. The van der Waals surface area contributed by atoms with E-state index in [1.807, 2.05) is 20.8 Å². The Morgan fingerprint density at radius 3 is 2.29 bits per heavy atom. The van der Waals surface area contributed by atoms with Crippen molar-refractivity contribution in [1.29, 1.82) is 0 Å². The fourth-order valence-corrected chi connectivity index (χ4v) is 5.90. The van der Waals surface area contributed by atoms with Gasteiger partial charge in [-0.05, 0) is 63.3 Å². The molecule has 45 heavy (non-hydrogen) atoms. The first-order valence-electron chi connectivity index (χ1n) is 15.4. The normalized spacial score (nSPS) is 14.6. The molecule has 2 amide bonds. The van der Waals surface area contributed by atoms with E-state index in [9.17, 15) is 18.4 Å². The zero-order valence-corrected chi connectivity index (χ0v) is 28.7. The lowest BCUT2D eigenvalue weighted by molar-refractivity contribution is 0.0164. The van der Waals surface area contributed by atoms with Gasteiger partial charge in [0.25, 0.3) is 5.91 Å². The molecule has 1 fully saturated rings. The topological polar surface area (TPSA) is 86.1 Å². The smallest absolute Gasteiger partial charge is 0.410 e. The molecule has 9 nitrogen and oxygen atoms in total. The van der Waals surface area contributed by atoms with Crippen molar-refractivity contribution in [2.75, 3.05) is 40.4 Å². The van der Waals surface area contributed by atoms with Gasteiger partial charge in [0.05, 0.1) is 12.0 Å². The molecule has 0 spiro atoms. The highest BCUT2D eigenvalue weighted by molar-refractivity contribution is 6.76. The van der Waals surface area contributed by atoms with Crippen LogP contribution >= 0.6 is 0 Å². The van der Waals surface area contributed by atoms with E-state index in [0.717, 1.165) is 12.1 Å². The van der Waals surface area contributed by atoms with Crippen molar-refractivity contribution in [2.45, 2.75) is 71.6 Å². The summed E-state index contributed by atoms with van der Waals surface area (Å²) in [6, 6.07) is 4.31. The Kier molecular flexibility index (Phi) is 10.6. The minimum Gasteiger partial charge on any atom is -0.492 e. The molecular formula is C33H46F2N4O5Si. The summed E-state index contributed by atoms with van der Waals surface area (Å²) >= 11 is 0. The fraction of sp³-hybridized carbons (Fsp3) is 0.545. The molecule has 0 bridgehead atoms. The molecular weight excluding hydrogens is 598 g/mol. The van der Waals surface area contributed by atoms with E-state index < -0.39 is 25.3 Å². The van der Waals surface area contributed by atoms with Crippen molar-refractivity contribution >= 4 is 31.1 Å². The fourth-order valence-electron chi connectivity index (χ4n) is 5.15. The molecule has 246 valence electrons. The number of hydrogen-bond acceptors (Lipinski definition) is 6. The number of fused-ring (bicyclic) bond motifs is 1. The number of hydrogen-bond donors (Lipinski definition) is 0. The lowest BCUT2D eigenvalue weighted by Crippen LogP contribution is -2.42. The largest absolute Gasteiger partial charge is 0.492 e. The number of likely N-dealkylation sites (tertiary alicyclic amines) is 1. The van der Waals surface area contributed by atoms with Crippen LogP contribution in [-0.2, 0) is 16.2 Å². The van der Waals surface area contributed by atoms with E-state index in [2.05, 4.69) is 24.6 Å². The minimum atomic E-state index is -1.32. The zero-order chi connectivity index (χ0) is 33.1. The van der Waals surface area contributed by atoms with E-state index in [4.69, 9.17) is 14.2 Å². The van der Waals surface area contributed by atoms with Gasteiger partial charge in [0.2, 0.25) is 0 Å². The van der Waals surface area contributed by atoms with Crippen molar-refractivity contribution in [3.63, 3.8) is 0 Å². The average Bonchev–Trinajstić information content (AvgIpc) is 3.31. The van der Waals surface area contributed by atoms with Gasteiger partial charge in [-0.2, -0.15) is 0 Å². The van der Waals surface area contributed by atoms with E-state index in [-0.39, 0.29) is 36.8 Å². The summed E-state index contributed by atoms with van der Waals surface area (Å²) in [5.74, 6) is -1.34. The van der Waals surface area contributed by atoms with Crippen LogP contribution in [0.25, 0.3) is 22.2 Å². The van der Waals surface area contributed by atoms with Crippen molar-refractivity contribution < 1.29 is 32.6 Å². The minimum absolute atomic E-state index is 0.108. The predicted octanol–water partition coefficient (Wildman–Crippen LogP) is 7.02. The number of ether oxygens (including phenoxy) is 3. The number of benzene rings is 1. The molecule has 0 unspecified atom stereocenters. The molecule has 1 aliphatic rings. The van der Waals surface area contributed by atoms with Gasteiger partial charge in [0.15, 0.2) is 0 Å². The number of rotatable bonds is 10.